The average Bonchev–Trinajstić information content (AvgIpc) is 2.43. The van der Waals surface area contributed by atoms with Gasteiger partial charge in [-0.15, -0.1) is 0 Å². The van der Waals surface area contributed by atoms with E-state index < -0.39 is 11.6 Å². The zero-order valence-corrected chi connectivity index (χ0v) is 12.2. The summed E-state index contributed by atoms with van der Waals surface area (Å²) in [6.07, 6.45) is -0.172. The molecule has 0 spiro atoms. The minimum Gasteiger partial charge on any atom is -0.496 e. The average molecular weight is 290 g/mol. The van der Waals surface area contributed by atoms with E-state index in [1.54, 1.807) is 19.2 Å². The number of halogens is 2. The number of rotatable bonds is 4. The third-order valence-electron chi connectivity index (χ3n) is 3.37. The monoisotopic (exact) mass is 290 g/mol. The number of methoxy groups -OCH3 is 1. The van der Waals surface area contributed by atoms with Crippen molar-refractivity contribution in [1.82, 2.24) is 0 Å². The van der Waals surface area contributed by atoms with Crippen molar-refractivity contribution in [2.75, 3.05) is 7.11 Å². The van der Waals surface area contributed by atoms with Crippen molar-refractivity contribution in [3.05, 3.63) is 64.2 Å². The number of aryl methyl sites for hydroxylation is 2. The van der Waals surface area contributed by atoms with E-state index in [0.717, 1.165) is 22.9 Å². The van der Waals surface area contributed by atoms with Gasteiger partial charge in [0.15, 0.2) is 17.4 Å². The minimum absolute atomic E-state index is 0.0612. The predicted molar refractivity (Wildman–Crippen MR) is 76.9 cm³/mol. The summed E-state index contributed by atoms with van der Waals surface area (Å²) in [5, 5.41) is 0. The molecule has 0 saturated carbocycles. The fourth-order valence-corrected chi connectivity index (χ4v) is 2.39. The van der Waals surface area contributed by atoms with Crippen LogP contribution < -0.4 is 4.74 Å². The molecule has 0 saturated heterocycles. The molecule has 4 heteroatoms. The first-order chi connectivity index (χ1) is 9.93. The summed E-state index contributed by atoms with van der Waals surface area (Å²) in [6, 6.07) is 7.24. The first kappa shape index (κ1) is 15.2. The minimum atomic E-state index is -0.965. The van der Waals surface area contributed by atoms with Gasteiger partial charge in [0.25, 0.3) is 0 Å². The van der Waals surface area contributed by atoms with Crippen molar-refractivity contribution >= 4 is 5.78 Å². The van der Waals surface area contributed by atoms with Gasteiger partial charge >= 0.3 is 0 Å². The zero-order valence-electron chi connectivity index (χ0n) is 12.2. The Labute approximate surface area is 122 Å². The summed E-state index contributed by atoms with van der Waals surface area (Å²) in [7, 11) is 1.57. The van der Waals surface area contributed by atoms with Crippen LogP contribution in [0, 0.1) is 25.5 Å². The van der Waals surface area contributed by atoms with E-state index >= 15 is 0 Å². The third-order valence-corrected chi connectivity index (χ3v) is 3.37. The number of carbonyl (C=O) groups excluding carboxylic acids is 1. The molecule has 0 fully saturated rings. The molecule has 0 aliphatic rings. The summed E-state index contributed by atoms with van der Waals surface area (Å²) in [5.41, 5.74) is 2.20. The molecule has 0 aliphatic carbocycles. The molecule has 0 radical (unpaired) electrons. The lowest BCUT2D eigenvalue weighted by atomic mass is 9.98. The second-order valence-corrected chi connectivity index (χ2v) is 4.96. The normalized spacial score (nSPS) is 10.5. The second kappa shape index (κ2) is 6.04. The van der Waals surface area contributed by atoms with Gasteiger partial charge in [0.05, 0.1) is 7.11 Å². The first-order valence-electron chi connectivity index (χ1n) is 6.55. The standard InChI is InChI=1S/C17H16F2O2/c1-10-7-13(8-11(2)17(10)21-3)15(20)9-12-5-4-6-14(18)16(12)19/h4-8H,9H2,1-3H3. The highest BCUT2D eigenvalue weighted by Crippen LogP contribution is 2.25. The molecule has 2 rings (SSSR count). The molecule has 0 bridgehead atoms. The van der Waals surface area contributed by atoms with Gasteiger partial charge in [0.2, 0.25) is 0 Å². The van der Waals surface area contributed by atoms with E-state index in [4.69, 9.17) is 4.74 Å². The van der Waals surface area contributed by atoms with E-state index in [0.29, 0.717) is 5.56 Å². The molecule has 0 aliphatic heterocycles. The molecule has 0 atom stereocenters. The highest BCUT2D eigenvalue weighted by atomic mass is 19.2. The Morgan fingerprint density at radius 1 is 1.14 bits per heavy atom. The van der Waals surface area contributed by atoms with Crippen LogP contribution in [0.5, 0.6) is 5.75 Å². The Balaban J connectivity index is 2.31. The van der Waals surface area contributed by atoms with E-state index in [9.17, 15) is 13.6 Å². The van der Waals surface area contributed by atoms with Crippen LogP contribution in [0.15, 0.2) is 30.3 Å². The molecule has 0 heterocycles. The van der Waals surface area contributed by atoms with Crippen molar-refractivity contribution in [3.63, 3.8) is 0 Å². The SMILES string of the molecule is COc1c(C)cc(C(=O)Cc2cccc(F)c2F)cc1C. The van der Waals surface area contributed by atoms with Gasteiger partial charge in [-0.25, -0.2) is 8.78 Å². The van der Waals surface area contributed by atoms with Crippen LogP contribution in [0.4, 0.5) is 8.78 Å². The molecule has 2 nitrogen and oxygen atoms in total. The van der Waals surface area contributed by atoms with Crippen molar-refractivity contribution in [2.45, 2.75) is 20.3 Å². The molecule has 0 aromatic heterocycles. The van der Waals surface area contributed by atoms with Crippen molar-refractivity contribution in [1.29, 1.82) is 0 Å². The summed E-state index contributed by atoms with van der Waals surface area (Å²) >= 11 is 0. The van der Waals surface area contributed by atoms with E-state index in [-0.39, 0.29) is 17.8 Å². The second-order valence-electron chi connectivity index (χ2n) is 4.96. The smallest absolute Gasteiger partial charge is 0.167 e. The Hall–Kier alpha value is -2.23. The van der Waals surface area contributed by atoms with Crippen molar-refractivity contribution < 1.29 is 18.3 Å². The molecule has 2 aromatic rings. The Morgan fingerprint density at radius 3 is 2.33 bits per heavy atom. The quantitative estimate of drug-likeness (QED) is 0.795. The summed E-state index contributed by atoms with van der Waals surface area (Å²) in [5.74, 6) is -1.44. The van der Waals surface area contributed by atoms with Gasteiger partial charge in [0.1, 0.15) is 5.75 Å². The molecule has 0 unspecified atom stereocenters. The fraction of sp³-hybridized carbons (Fsp3) is 0.235. The van der Waals surface area contributed by atoms with Gasteiger partial charge in [-0.3, -0.25) is 4.79 Å². The molecular weight excluding hydrogens is 274 g/mol. The first-order valence-corrected chi connectivity index (χ1v) is 6.55. The molecule has 110 valence electrons. The molecule has 2 aromatic carbocycles. The van der Waals surface area contributed by atoms with Gasteiger partial charge < -0.3 is 4.74 Å². The maximum Gasteiger partial charge on any atom is 0.167 e. The van der Waals surface area contributed by atoms with Crippen molar-refractivity contribution in [2.24, 2.45) is 0 Å². The molecule has 0 amide bonds. The third kappa shape index (κ3) is 3.10. The topological polar surface area (TPSA) is 26.3 Å². The Kier molecular flexibility index (Phi) is 4.36. The molecule has 21 heavy (non-hydrogen) atoms. The highest BCUT2D eigenvalue weighted by Gasteiger charge is 2.15. The number of Topliss-reactive ketones (excluding diaryl/α,β-unsaturated/α-hetero) is 1. The number of benzene rings is 2. The Morgan fingerprint density at radius 2 is 1.76 bits per heavy atom. The summed E-state index contributed by atoms with van der Waals surface area (Å²) < 4.78 is 32.0. The lowest BCUT2D eigenvalue weighted by Crippen LogP contribution is -2.07. The van der Waals surface area contributed by atoms with Gasteiger partial charge in [0, 0.05) is 12.0 Å². The van der Waals surface area contributed by atoms with E-state index in [1.807, 2.05) is 13.8 Å². The summed E-state index contributed by atoms with van der Waals surface area (Å²) in [6.45, 7) is 3.68. The van der Waals surface area contributed by atoms with Gasteiger partial charge in [-0.1, -0.05) is 12.1 Å². The number of carbonyl (C=O) groups is 1. The highest BCUT2D eigenvalue weighted by molar-refractivity contribution is 5.98. The van der Waals surface area contributed by atoms with Gasteiger partial charge in [-0.05, 0) is 48.7 Å². The van der Waals surface area contributed by atoms with Gasteiger partial charge in [-0.2, -0.15) is 0 Å². The summed E-state index contributed by atoms with van der Waals surface area (Å²) in [4.78, 5) is 12.3. The van der Waals surface area contributed by atoms with Crippen LogP contribution in [0.25, 0.3) is 0 Å². The number of ether oxygens (including phenoxy) is 1. The largest absolute Gasteiger partial charge is 0.496 e. The fourth-order valence-electron chi connectivity index (χ4n) is 2.39. The predicted octanol–water partition coefficient (Wildman–Crippen LogP) is 4.02. The number of ketones is 1. The zero-order chi connectivity index (χ0) is 15.6. The van der Waals surface area contributed by atoms with Crippen molar-refractivity contribution in [3.8, 4) is 5.75 Å². The van der Waals surface area contributed by atoms with Crippen LogP contribution in [0.2, 0.25) is 0 Å². The van der Waals surface area contributed by atoms with Crippen LogP contribution in [0.3, 0.4) is 0 Å². The number of hydrogen-bond donors (Lipinski definition) is 0. The van der Waals surface area contributed by atoms with Crippen LogP contribution in [-0.2, 0) is 6.42 Å². The number of hydrogen-bond acceptors (Lipinski definition) is 2. The van der Waals surface area contributed by atoms with E-state index in [1.165, 1.54) is 12.1 Å². The van der Waals surface area contributed by atoms with Crippen LogP contribution in [0.1, 0.15) is 27.0 Å². The Bertz CT molecular complexity index is 670. The molecule has 0 N–H and O–H groups in total. The lowest BCUT2D eigenvalue weighted by molar-refractivity contribution is 0.0991. The maximum absolute atomic E-state index is 13.6. The van der Waals surface area contributed by atoms with Crippen LogP contribution >= 0.6 is 0 Å². The van der Waals surface area contributed by atoms with E-state index in [2.05, 4.69) is 0 Å². The van der Waals surface area contributed by atoms with Crippen LogP contribution in [-0.4, -0.2) is 12.9 Å². The maximum atomic E-state index is 13.6. The lowest BCUT2D eigenvalue weighted by Gasteiger charge is -2.11. The molecular formula is C17H16F2O2.